The van der Waals surface area contributed by atoms with E-state index in [4.69, 9.17) is 0 Å². The molecule has 0 spiro atoms. The first-order valence-electron chi connectivity index (χ1n) is 8.47. The van der Waals surface area contributed by atoms with Gasteiger partial charge in [-0.3, -0.25) is 4.79 Å². The molecule has 0 saturated carbocycles. The molecule has 0 aromatic heterocycles. The van der Waals surface area contributed by atoms with Crippen LogP contribution in [0, 0.1) is 11.8 Å². The number of carbonyl (C=O) groups excluding carboxylic acids is 1. The Labute approximate surface area is 136 Å². The van der Waals surface area contributed by atoms with Crippen LogP contribution in [0.2, 0.25) is 0 Å². The smallest absolute Gasteiger partial charge is 0.159 e. The predicted octanol–water partition coefficient (Wildman–Crippen LogP) is 4.99. The maximum absolute atomic E-state index is 12.0. The molecule has 1 unspecified atom stereocenters. The second kappa shape index (κ2) is 8.47. The van der Waals surface area contributed by atoms with Crippen LogP contribution in [0.25, 0.3) is 0 Å². The van der Waals surface area contributed by atoms with Crippen molar-refractivity contribution in [2.45, 2.75) is 72.3 Å². The lowest BCUT2D eigenvalue weighted by molar-refractivity contribution is -0.114. The number of hydrogen-bond acceptors (Lipinski definition) is 2. The molecular formula is C20H32O2. The van der Waals surface area contributed by atoms with Crippen molar-refractivity contribution in [1.82, 2.24) is 0 Å². The predicted molar refractivity (Wildman–Crippen MR) is 93.7 cm³/mol. The third kappa shape index (κ3) is 7.22. The lowest BCUT2D eigenvalue weighted by Gasteiger charge is -2.22. The maximum atomic E-state index is 12.0. The molecule has 2 heteroatoms. The number of allylic oxidation sites excluding steroid dienone is 5. The highest BCUT2D eigenvalue weighted by Gasteiger charge is 2.18. The summed E-state index contributed by atoms with van der Waals surface area (Å²) in [5, 5.41) is 10.5. The van der Waals surface area contributed by atoms with E-state index in [0.29, 0.717) is 24.7 Å². The molecule has 0 aliphatic heterocycles. The number of carbonyl (C=O) groups is 1. The number of ketones is 1. The van der Waals surface area contributed by atoms with Crippen LogP contribution in [0.5, 0.6) is 0 Å². The zero-order chi connectivity index (χ0) is 16.8. The molecule has 2 atom stereocenters. The van der Waals surface area contributed by atoms with E-state index in [9.17, 15) is 9.90 Å². The molecule has 1 N–H and O–H groups in total. The molecule has 0 saturated heterocycles. The maximum Gasteiger partial charge on any atom is 0.159 e. The Morgan fingerprint density at radius 2 is 1.95 bits per heavy atom. The summed E-state index contributed by atoms with van der Waals surface area (Å²) in [4.78, 5) is 12.0. The Morgan fingerprint density at radius 3 is 2.59 bits per heavy atom. The second-order valence-corrected chi connectivity index (χ2v) is 7.39. The van der Waals surface area contributed by atoms with Crippen LogP contribution in [0.1, 0.15) is 66.7 Å². The fourth-order valence-electron chi connectivity index (χ4n) is 2.82. The van der Waals surface area contributed by atoms with Crippen LogP contribution in [0.3, 0.4) is 0 Å². The minimum Gasteiger partial charge on any atom is -0.386 e. The van der Waals surface area contributed by atoms with Crippen molar-refractivity contribution in [3.05, 3.63) is 35.5 Å². The van der Waals surface area contributed by atoms with Crippen LogP contribution in [0.4, 0.5) is 0 Å². The van der Waals surface area contributed by atoms with Gasteiger partial charge in [0.25, 0.3) is 0 Å². The zero-order valence-electron chi connectivity index (χ0n) is 14.9. The molecule has 1 aliphatic rings. The molecule has 124 valence electrons. The van der Waals surface area contributed by atoms with Gasteiger partial charge in [-0.05, 0) is 64.4 Å². The first kappa shape index (κ1) is 18.9. The van der Waals surface area contributed by atoms with Crippen molar-refractivity contribution in [3.8, 4) is 0 Å². The van der Waals surface area contributed by atoms with E-state index >= 15 is 0 Å². The van der Waals surface area contributed by atoms with Crippen molar-refractivity contribution in [3.63, 3.8) is 0 Å². The SMILES string of the molecule is C/C1=C\C(=O)C/C(C)=C/CC[C@@](C)(O)/C=C/C(C(C)C)CC1. The van der Waals surface area contributed by atoms with E-state index in [1.807, 2.05) is 26.8 Å². The topological polar surface area (TPSA) is 37.3 Å². The van der Waals surface area contributed by atoms with E-state index in [0.717, 1.165) is 30.4 Å². The lowest BCUT2D eigenvalue weighted by atomic mass is 9.87. The minimum absolute atomic E-state index is 0.187. The molecule has 22 heavy (non-hydrogen) atoms. The first-order valence-corrected chi connectivity index (χ1v) is 8.47. The molecule has 0 radical (unpaired) electrons. The third-order valence-corrected chi connectivity index (χ3v) is 4.43. The average Bonchev–Trinajstić information content (AvgIpc) is 2.36. The molecule has 0 amide bonds. The van der Waals surface area contributed by atoms with Gasteiger partial charge in [0.15, 0.2) is 5.78 Å². The van der Waals surface area contributed by atoms with E-state index in [1.54, 1.807) is 6.08 Å². The van der Waals surface area contributed by atoms with Gasteiger partial charge in [0.2, 0.25) is 0 Å². The summed E-state index contributed by atoms with van der Waals surface area (Å²) in [6.07, 6.45) is 12.0. The van der Waals surface area contributed by atoms with E-state index in [2.05, 4.69) is 26.0 Å². The van der Waals surface area contributed by atoms with Crippen LogP contribution in [-0.2, 0) is 4.79 Å². The van der Waals surface area contributed by atoms with E-state index < -0.39 is 5.60 Å². The highest BCUT2D eigenvalue weighted by Crippen LogP contribution is 2.24. The Bertz CT molecular complexity index is 464. The lowest BCUT2D eigenvalue weighted by Crippen LogP contribution is -2.21. The van der Waals surface area contributed by atoms with Gasteiger partial charge in [-0.25, -0.2) is 0 Å². The molecule has 1 rings (SSSR count). The van der Waals surface area contributed by atoms with Gasteiger partial charge in [0.05, 0.1) is 5.60 Å². The molecule has 1 aliphatic carbocycles. The fourth-order valence-corrected chi connectivity index (χ4v) is 2.82. The van der Waals surface area contributed by atoms with Gasteiger partial charge in [-0.15, -0.1) is 0 Å². The summed E-state index contributed by atoms with van der Waals surface area (Å²) in [7, 11) is 0. The number of aliphatic hydroxyl groups is 1. The minimum atomic E-state index is -0.775. The van der Waals surface area contributed by atoms with Crippen molar-refractivity contribution < 1.29 is 9.90 Å². The molecule has 0 fully saturated rings. The number of hydrogen-bond donors (Lipinski definition) is 1. The van der Waals surface area contributed by atoms with Crippen molar-refractivity contribution in [1.29, 1.82) is 0 Å². The Hall–Kier alpha value is -1.15. The first-order chi connectivity index (χ1) is 10.2. The second-order valence-electron chi connectivity index (χ2n) is 7.39. The van der Waals surface area contributed by atoms with E-state index in [1.165, 1.54) is 0 Å². The quantitative estimate of drug-likeness (QED) is 0.693. The van der Waals surface area contributed by atoms with Crippen LogP contribution >= 0.6 is 0 Å². The standard InChI is InChI=1S/C20H32O2/c1-15(2)18-9-8-17(4)14-19(21)13-16(3)7-6-11-20(5,22)12-10-18/h7,10,12,14-15,18,22H,6,8-9,11,13H2,1-5H3/b12-10+,16-7+,17-14+/t18?,20-/m1/s1. The summed E-state index contributed by atoms with van der Waals surface area (Å²) in [5.41, 5.74) is 1.47. The van der Waals surface area contributed by atoms with Gasteiger partial charge >= 0.3 is 0 Å². The van der Waals surface area contributed by atoms with Gasteiger partial charge in [0.1, 0.15) is 0 Å². The Morgan fingerprint density at radius 1 is 1.27 bits per heavy atom. The summed E-state index contributed by atoms with van der Waals surface area (Å²) in [5.74, 6) is 1.16. The molecular weight excluding hydrogens is 272 g/mol. The summed E-state index contributed by atoms with van der Waals surface area (Å²) in [6, 6.07) is 0. The molecule has 0 aromatic carbocycles. The van der Waals surface area contributed by atoms with Crippen molar-refractivity contribution in [2.75, 3.05) is 0 Å². The summed E-state index contributed by atoms with van der Waals surface area (Å²) >= 11 is 0. The third-order valence-electron chi connectivity index (χ3n) is 4.43. The van der Waals surface area contributed by atoms with Crippen molar-refractivity contribution >= 4 is 5.78 Å². The van der Waals surface area contributed by atoms with Crippen LogP contribution < -0.4 is 0 Å². The van der Waals surface area contributed by atoms with Gasteiger partial charge in [-0.1, -0.05) is 43.2 Å². The monoisotopic (exact) mass is 304 g/mol. The summed E-state index contributed by atoms with van der Waals surface area (Å²) in [6.45, 7) is 10.3. The Kier molecular flexibility index (Phi) is 7.28. The largest absolute Gasteiger partial charge is 0.386 e. The highest BCUT2D eigenvalue weighted by molar-refractivity contribution is 5.91. The van der Waals surface area contributed by atoms with Gasteiger partial charge in [-0.2, -0.15) is 0 Å². The van der Waals surface area contributed by atoms with Gasteiger partial charge < -0.3 is 5.11 Å². The van der Waals surface area contributed by atoms with Crippen LogP contribution in [-0.4, -0.2) is 16.5 Å². The van der Waals surface area contributed by atoms with Gasteiger partial charge in [0, 0.05) is 6.42 Å². The van der Waals surface area contributed by atoms with E-state index in [-0.39, 0.29) is 5.78 Å². The highest BCUT2D eigenvalue weighted by atomic mass is 16.3. The summed E-state index contributed by atoms with van der Waals surface area (Å²) < 4.78 is 0. The fraction of sp³-hybridized carbons (Fsp3) is 0.650. The molecule has 0 bridgehead atoms. The normalized spacial score (nSPS) is 35.2. The molecule has 0 aromatic rings. The Balaban J connectivity index is 2.98. The molecule has 2 nitrogen and oxygen atoms in total. The number of rotatable bonds is 1. The molecule has 0 heterocycles. The van der Waals surface area contributed by atoms with Crippen molar-refractivity contribution in [2.24, 2.45) is 11.8 Å². The zero-order valence-corrected chi connectivity index (χ0v) is 14.9. The average molecular weight is 304 g/mol. The van der Waals surface area contributed by atoms with Crippen LogP contribution in [0.15, 0.2) is 35.5 Å².